The van der Waals surface area contributed by atoms with Crippen LogP contribution in [0.4, 0.5) is 11.4 Å². The summed E-state index contributed by atoms with van der Waals surface area (Å²) in [6.07, 6.45) is 6.05. The molecule has 0 atom stereocenters. The van der Waals surface area contributed by atoms with Gasteiger partial charge in [-0.05, 0) is 67.6 Å². The zero-order valence-corrected chi connectivity index (χ0v) is 17.6. The van der Waals surface area contributed by atoms with E-state index in [1.165, 1.54) is 30.4 Å². The molecular formula is C23H25N3O2S. The fraction of sp³-hybridized carbons (Fsp3) is 0.348. The molecule has 1 aromatic heterocycles. The number of thiazole rings is 1. The fourth-order valence-electron chi connectivity index (χ4n) is 3.96. The number of aryl methyl sites for hydroxylation is 2. The Bertz CT molecular complexity index is 1090. The van der Waals surface area contributed by atoms with Crippen LogP contribution in [0.5, 0.6) is 0 Å². The second-order valence-electron chi connectivity index (χ2n) is 7.75. The lowest BCUT2D eigenvalue weighted by Crippen LogP contribution is -2.23. The predicted octanol–water partition coefficient (Wildman–Crippen LogP) is 6.48. The van der Waals surface area contributed by atoms with Crippen LogP contribution in [0.1, 0.15) is 49.3 Å². The highest BCUT2D eigenvalue weighted by atomic mass is 32.1. The molecule has 5 nitrogen and oxygen atoms in total. The Morgan fingerprint density at radius 3 is 2.41 bits per heavy atom. The Morgan fingerprint density at radius 2 is 1.76 bits per heavy atom. The maximum Gasteiger partial charge on any atom is 0.269 e. The molecule has 0 radical (unpaired) electrons. The first kappa shape index (κ1) is 19.6. The molecule has 2 aromatic carbocycles. The summed E-state index contributed by atoms with van der Waals surface area (Å²) in [5.74, 6) is 0. The van der Waals surface area contributed by atoms with Crippen molar-refractivity contribution in [2.75, 3.05) is 0 Å². The summed E-state index contributed by atoms with van der Waals surface area (Å²) in [4.78, 5) is 16.6. The van der Waals surface area contributed by atoms with Crippen molar-refractivity contribution in [2.24, 2.45) is 4.99 Å². The van der Waals surface area contributed by atoms with Crippen LogP contribution in [0.15, 0.2) is 52.8 Å². The van der Waals surface area contributed by atoms with Crippen molar-refractivity contribution in [1.82, 2.24) is 4.57 Å². The normalized spacial score (nSPS) is 15.6. The van der Waals surface area contributed by atoms with Crippen molar-refractivity contribution in [3.63, 3.8) is 0 Å². The van der Waals surface area contributed by atoms with E-state index in [-0.39, 0.29) is 10.6 Å². The first-order valence-corrected chi connectivity index (χ1v) is 11.0. The second kappa shape index (κ2) is 8.33. The van der Waals surface area contributed by atoms with Gasteiger partial charge in [-0.2, -0.15) is 0 Å². The Morgan fingerprint density at radius 1 is 1.03 bits per heavy atom. The van der Waals surface area contributed by atoms with Gasteiger partial charge in [0, 0.05) is 23.6 Å². The standard InChI is InChI=1S/C23H25N3O2S/c1-16-8-11-19(14-17(16)2)24-23-25(20-6-4-3-5-7-20)22(15-29-23)18-9-12-21(13-10-18)26(27)28/h8-15,20H,3-7H2,1-2H3. The van der Waals surface area contributed by atoms with Gasteiger partial charge in [0.1, 0.15) is 0 Å². The van der Waals surface area contributed by atoms with Crippen molar-refractivity contribution >= 4 is 22.7 Å². The number of hydrogen-bond acceptors (Lipinski definition) is 4. The molecule has 0 N–H and O–H groups in total. The van der Waals surface area contributed by atoms with Gasteiger partial charge in [0.25, 0.3) is 5.69 Å². The summed E-state index contributed by atoms with van der Waals surface area (Å²) >= 11 is 1.64. The lowest BCUT2D eigenvalue weighted by atomic mass is 9.95. The highest BCUT2D eigenvalue weighted by Crippen LogP contribution is 2.33. The van der Waals surface area contributed by atoms with Gasteiger partial charge in [-0.15, -0.1) is 11.3 Å². The molecule has 6 heteroatoms. The van der Waals surface area contributed by atoms with Crippen molar-refractivity contribution in [3.8, 4) is 11.3 Å². The first-order valence-electron chi connectivity index (χ1n) is 10.1. The van der Waals surface area contributed by atoms with E-state index >= 15 is 0 Å². The Hall–Kier alpha value is -2.73. The molecule has 0 amide bonds. The fourth-order valence-corrected chi connectivity index (χ4v) is 4.95. The Kier molecular flexibility index (Phi) is 5.62. The quantitative estimate of drug-likeness (QED) is 0.367. The average Bonchev–Trinajstić information content (AvgIpc) is 3.15. The molecular weight excluding hydrogens is 382 g/mol. The molecule has 1 heterocycles. The van der Waals surface area contributed by atoms with Crippen molar-refractivity contribution in [3.05, 3.63) is 73.9 Å². The molecule has 150 valence electrons. The van der Waals surface area contributed by atoms with E-state index in [1.54, 1.807) is 23.5 Å². The van der Waals surface area contributed by atoms with Crippen LogP contribution in [0, 0.1) is 24.0 Å². The summed E-state index contributed by atoms with van der Waals surface area (Å²) < 4.78 is 2.36. The van der Waals surface area contributed by atoms with E-state index in [1.807, 2.05) is 12.1 Å². The van der Waals surface area contributed by atoms with E-state index in [0.717, 1.165) is 34.6 Å². The monoisotopic (exact) mass is 407 g/mol. The summed E-state index contributed by atoms with van der Waals surface area (Å²) in [5, 5.41) is 13.1. The summed E-state index contributed by atoms with van der Waals surface area (Å²) in [7, 11) is 0. The molecule has 0 unspecified atom stereocenters. The number of benzene rings is 2. The minimum absolute atomic E-state index is 0.119. The van der Waals surface area contributed by atoms with Crippen molar-refractivity contribution in [2.45, 2.75) is 52.0 Å². The van der Waals surface area contributed by atoms with Gasteiger partial charge in [0.15, 0.2) is 4.80 Å². The molecule has 0 bridgehead atoms. The van der Waals surface area contributed by atoms with Crippen molar-refractivity contribution < 1.29 is 4.92 Å². The number of hydrogen-bond donors (Lipinski definition) is 0. The van der Waals surface area contributed by atoms with Crippen molar-refractivity contribution in [1.29, 1.82) is 0 Å². The summed E-state index contributed by atoms with van der Waals surface area (Å²) in [6, 6.07) is 13.6. The lowest BCUT2D eigenvalue weighted by Gasteiger charge is -2.25. The van der Waals surface area contributed by atoms with E-state index < -0.39 is 0 Å². The smallest absolute Gasteiger partial charge is 0.269 e. The number of aromatic nitrogens is 1. The molecule has 0 saturated heterocycles. The van der Waals surface area contributed by atoms with Gasteiger partial charge in [-0.1, -0.05) is 25.3 Å². The number of non-ortho nitro benzene ring substituents is 1. The van der Waals surface area contributed by atoms with Gasteiger partial charge < -0.3 is 4.57 Å². The minimum Gasteiger partial charge on any atom is -0.313 e. The maximum atomic E-state index is 11.0. The number of nitro benzene ring substituents is 1. The molecule has 4 rings (SSSR count). The Balaban J connectivity index is 1.82. The van der Waals surface area contributed by atoms with Crippen LogP contribution in [0.25, 0.3) is 11.3 Å². The summed E-state index contributed by atoms with van der Waals surface area (Å²) in [5.41, 5.74) is 5.69. The zero-order valence-electron chi connectivity index (χ0n) is 16.8. The minimum atomic E-state index is -0.354. The molecule has 1 fully saturated rings. The van der Waals surface area contributed by atoms with Gasteiger partial charge in [-0.25, -0.2) is 4.99 Å². The van der Waals surface area contributed by atoms with Gasteiger partial charge in [0.2, 0.25) is 0 Å². The van der Waals surface area contributed by atoms with Crippen LogP contribution < -0.4 is 4.80 Å². The topological polar surface area (TPSA) is 60.4 Å². The number of rotatable bonds is 4. The summed E-state index contributed by atoms with van der Waals surface area (Å²) in [6.45, 7) is 4.22. The molecule has 3 aromatic rings. The van der Waals surface area contributed by atoms with E-state index in [4.69, 9.17) is 4.99 Å². The lowest BCUT2D eigenvalue weighted by molar-refractivity contribution is -0.384. The Labute approximate surface area is 174 Å². The number of nitro groups is 1. The highest BCUT2D eigenvalue weighted by Gasteiger charge is 2.20. The predicted molar refractivity (Wildman–Crippen MR) is 118 cm³/mol. The van der Waals surface area contributed by atoms with Crippen LogP contribution in [0.3, 0.4) is 0 Å². The SMILES string of the molecule is Cc1ccc(N=c2scc(-c3ccc([N+](=O)[O-])cc3)n2C2CCCCC2)cc1C. The third-order valence-corrected chi connectivity index (χ3v) is 6.61. The van der Waals surface area contributed by atoms with Gasteiger partial charge in [0.05, 0.1) is 16.3 Å². The largest absolute Gasteiger partial charge is 0.313 e. The van der Waals surface area contributed by atoms with Crippen LogP contribution in [-0.4, -0.2) is 9.49 Å². The molecule has 29 heavy (non-hydrogen) atoms. The number of nitrogens with zero attached hydrogens (tertiary/aromatic N) is 3. The molecule has 0 spiro atoms. The first-order chi connectivity index (χ1) is 14.0. The third-order valence-electron chi connectivity index (χ3n) is 5.77. The van der Waals surface area contributed by atoms with Gasteiger partial charge in [-0.3, -0.25) is 10.1 Å². The molecule has 1 saturated carbocycles. The average molecular weight is 408 g/mol. The van der Waals surface area contributed by atoms with E-state index in [2.05, 4.69) is 42.0 Å². The highest BCUT2D eigenvalue weighted by molar-refractivity contribution is 7.07. The third kappa shape index (κ3) is 4.17. The zero-order chi connectivity index (χ0) is 20.4. The maximum absolute atomic E-state index is 11.0. The molecule has 1 aliphatic carbocycles. The van der Waals surface area contributed by atoms with Gasteiger partial charge >= 0.3 is 0 Å². The van der Waals surface area contributed by atoms with Crippen LogP contribution in [-0.2, 0) is 0 Å². The van der Waals surface area contributed by atoms with Crippen LogP contribution in [0.2, 0.25) is 0 Å². The van der Waals surface area contributed by atoms with E-state index in [9.17, 15) is 10.1 Å². The second-order valence-corrected chi connectivity index (χ2v) is 8.59. The van der Waals surface area contributed by atoms with E-state index in [0.29, 0.717) is 6.04 Å². The molecule has 1 aliphatic rings. The van der Waals surface area contributed by atoms with Crippen LogP contribution >= 0.6 is 11.3 Å². The molecule has 0 aliphatic heterocycles.